The van der Waals surface area contributed by atoms with Gasteiger partial charge in [0.15, 0.2) is 5.82 Å². The number of nitrogens with zero attached hydrogens (tertiary/aromatic N) is 2. The number of hydrogen-bond donors (Lipinski definition) is 0. The summed E-state index contributed by atoms with van der Waals surface area (Å²) in [6, 6.07) is 17.5. The predicted molar refractivity (Wildman–Crippen MR) is 104 cm³/mol. The number of aliphatic carboxylic acids is 1. The summed E-state index contributed by atoms with van der Waals surface area (Å²) >= 11 is 1.22. The van der Waals surface area contributed by atoms with E-state index in [9.17, 15) is 9.90 Å². The second-order valence-corrected chi connectivity index (χ2v) is 7.38. The number of hydrogen-bond acceptors (Lipinski definition) is 5. The molecule has 0 N–H and O–H groups in total. The first-order valence-corrected chi connectivity index (χ1v) is 9.30. The van der Waals surface area contributed by atoms with Gasteiger partial charge in [0.05, 0.1) is 16.7 Å². The standard InChI is InChI=1S/C21H20N2O2S/c1-14(2)19(21(24)25)26-20-16-10-6-7-11-17(16)22-18(23-20)13-12-15-8-4-3-5-9-15/h3-14,19H,1-2H3,(H,24,25)/p-1/b13-12+/t19-/m0/s1. The lowest BCUT2D eigenvalue weighted by molar-refractivity contribution is -0.305. The Morgan fingerprint density at radius 1 is 1.00 bits per heavy atom. The van der Waals surface area contributed by atoms with Gasteiger partial charge in [-0.3, -0.25) is 0 Å². The Hall–Kier alpha value is -2.66. The van der Waals surface area contributed by atoms with E-state index in [4.69, 9.17) is 0 Å². The van der Waals surface area contributed by atoms with Crippen LogP contribution in [0.2, 0.25) is 0 Å². The Morgan fingerprint density at radius 3 is 2.38 bits per heavy atom. The fourth-order valence-corrected chi connectivity index (χ4v) is 3.60. The van der Waals surface area contributed by atoms with Crippen LogP contribution in [0.15, 0.2) is 59.6 Å². The largest absolute Gasteiger partial charge is 0.549 e. The summed E-state index contributed by atoms with van der Waals surface area (Å²) < 4.78 is 0. The number of benzene rings is 2. The molecule has 0 saturated heterocycles. The van der Waals surface area contributed by atoms with E-state index in [1.165, 1.54) is 11.8 Å². The topological polar surface area (TPSA) is 65.9 Å². The number of para-hydroxylation sites is 1. The van der Waals surface area contributed by atoms with Gasteiger partial charge in [0, 0.05) is 5.39 Å². The fourth-order valence-electron chi connectivity index (χ4n) is 2.54. The van der Waals surface area contributed by atoms with Gasteiger partial charge < -0.3 is 9.90 Å². The SMILES string of the molecule is CC(C)[C@H](Sc1nc(/C=C/c2ccccc2)nc2ccccc12)C(=O)[O-]. The van der Waals surface area contributed by atoms with Crippen LogP contribution in [0.25, 0.3) is 23.1 Å². The molecule has 0 saturated carbocycles. The van der Waals surface area contributed by atoms with Crippen molar-refractivity contribution in [3.63, 3.8) is 0 Å². The van der Waals surface area contributed by atoms with Crippen LogP contribution in [0.5, 0.6) is 0 Å². The van der Waals surface area contributed by atoms with Gasteiger partial charge >= 0.3 is 0 Å². The van der Waals surface area contributed by atoms with Crippen LogP contribution in [0, 0.1) is 5.92 Å². The van der Waals surface area contributed by atoms with Gasteiger partial charge in [-0.15, -0.1) is 0 Å². The van der Waals surface area contributed by atoms with Crippen LogP contribution in [0.1, 0.15) is 25.2 Å². The molecule has 26 heavy (non-hydrogen) atoms. The smallest absolute Gasteiger partial charge is 0.153 e. The lowest BCUT2D eigenvalue weighted by atomic mass is 10.1. The number of thioether (sulfide) groups is 1. The second kappa shape index (κ2) is 8.15. The molecule has 0 radical (unpaired) electrons. The minimum atomic E-state index is -1.07. The molecule has 3 aromatic rings. The van der Waals surface area contributed by atoms with Crippen molar-refractivity contribution in [2.24, 2.45) is 5.92 Å². The van der Waals surface area contributed by atoms with E-state index in [2.05, 4.69) is 9.97 Å². The molecule has 0 aliphatic rings. The third-order valence-electron chi connectivity index (χ3n) is 3.89. The number of carbonyl (C=O) groups is 1. The van der Waals surface area contributed by atoms with Gasteiger partial charge in [-0.2, -0.15) is 0 Å². The maximum absolute atomic E-state index is 11.5. The lowest BCUT2D eigenvalue weighted by Gasteiger charge is -2.21. The molecule has 0 aliphatic heterocycles. The summed E-state index contributed by atoms with van der Waals surface area (Å²) in [5.41, 5.74) is 1.84. The average Bonchev–Trinajstić information content (AvgIpc) is 2.64. The summed E-state index contributed by atoms with van der Waals surface area (Å²) in [6.07, 6.45) is 3.78. The Morgan fingerprint density at radius 2 is 1.69 bits per heavy atom. The summed E-state index contributed by atoms with van der Waals surface area (Å²) in [7, 11) is 0. The molecule has 3 rings (SSSR count). The molecule has 0 amide bonds. The van der Waals surface area contributed by atoms with E-state index in [-0.39, 0.29) is 5.92 Å². The Kier molecular flexibility index (Phi) is 5.68. The zero-order valence-electron chi connectivity index (χ0n) is 14.6. The highest BCUT2D eigenvalue weighted by Gasteiger charge is 2.19. The maximum atomic E-state index is 11.5. The summed E-state index contributed by atoms with van der Waals surface area (Å²) in [5, 5.41) is 12.3. The first-order valence-electron chi connectivity index (χ1n) is 8.42. The third-order valence-corrected chi connectivity index (χ3v) is 5.41. The highest BCUT2D eigenvalue weighted by molar-refractivity contribution is 8.00. The number of rotatable bonds is 6. The maximum Gasteiger partial charge on any atom is 0.153 e. The number of carbonyl (C=O) groups excluding carboxylic acids is 1. The summed E-state index contributed by atoms with van der Waals surface area (Å²) in [6.45, 7) is 3.74. The van der Waals surface area contributed by atoms with Crippen molar-refractivity contribution >= 4 is 40.8 Å². The van der Waals surface area contributed by atoms with Gasteiger partial charge in [-0.25, -0.2) is 9.97 Å². The number of aromatic nitrogens is 2. The molecular weight excluding hydrogens is 344 g/mol. The van der Waals surface area contributed by atoms with E-state index in [1.807, 2.05) is 80.6 Å². The number of carboxylic acid groups (broad SMARTS) is 1. The molecule has 0 aliphatic carbocycles. The van der Waals surface area contributed by atoms with Crippen LogP contribution < -0.4 is 5.11 Å². The molecule has 1 aromatic heterocycles. The number of fused-ring (bicyclic) bond motifs is 1. The van der Waals surface area contributed by atoms with Gasteiger partial charge in [0.2, 0.25) is 0 Å². The van der Waals surface area contributed by atoms with Crippen molar-refractivity contribution in [1.82, 2.24) is 9.97 Å². The van der Waals surface area contributed by atoms with Crippen molar-refractivity contribution in [2.75, 3.05) is 0 Å². The molecule has 4 nitrogen and oxygen atoms in total. The van der Waals surface area contributed by atoms with E-state index >= 15 is 0 Å². The average molecular weight is 363 g/mol. The van der Waals surface area contributed by atoms with Crippen molar-refractivity contribution in [1.29, 1.82) is 0 Å². The molecule has 0 spiro atoms. The zero-order chi connectivity index (χ0) is 18.5. The van der Waals surface area contributed by atoms with Crippen molar-refractivity contribution < 1.29 is 9.90 Å². The van der Waals surface area contributed by atoms with Crippen LogP contribution in [0.3, 0.4) is 0 Å². The van der Waals surface area contributed by atoms with Crippen LogP contribution in [-0.2, 0) is 4.79 Å². The van der Waals surface area contributed by atoms with E-state index in [1.54, 1.807) is 0 Å². The number of carboxylic acids is 1. The van der Waals surface area contributed by atoms with Gasteiger partial charge in [-0.05, 0) is 23.6 Å². The molecule has 5 heteroatoms. The highest BCUT2D eigenvalue weighted by atomic mass is 32.2. The summed E-state index contributed by atoms with van der Waals surface area (Å²) in [4.78, 5) is 20.7. The molecule has 0 fully saturated rings. The molecule has 0 bridgehead atoms. The van der Waals surface area contributed by atoms with Crippen molar-refractivity contribution in [3.8, 4) is 0 Å². The molecule has 2 aromatic carbocycles. The van der Waals surface area contributed by atoms with Crippen molar-refractivity contribution in [2.45, 2.75) is 24.1 Å². The quantitative estimate of drug-likeness (QED) is 0.494. The normalized spacial score (nSPS) is 12.7. The Bertz CT molecular complexity index is 939. The van der Waals surface area contributed by atoms with E-state index in [0.717, 1.165) is 16.5 Å². The molecule has 132 valence electrons. The van der Waals surface area contributed by atoms with Gasteiger partial charge in [0.25, 0.3) is 0 Å². The zero-order valence-corrected chi connectivity index (χ0v) is 15.4. The Balaban J connectivity index is 2.01. The third kappa shape index (κ3) is 4.29. The molecule has 0 unspecified atom stereocenters. The van der Waals surface area contributed by atoms with Crippen LogP contribution >= 0.6 is 11.8 Å². The van der Waals surface area contributed by atoms with Gasteiger partial charge in [0.1, 0.15) is 5.03 Å². The van der Waals surface area contributed by atoms with Crippen LogP contribution in [-0.4, -0.2) is 21.2 Å². The predicted octanol–water partition coefficient (Wildman–Crippen LogP) is 3.67. The second-order valence-electron chi connectivity index (χ2n) is 6.25. The fraction of sp³-hybridized carbons (Fsp3) is 0.190. The van der Waals surface area contributed by atoms with E-state index < -0.39 is 11.2 Å². The first-order chi connectivity index (χ1) is 12.5. The minimum absolute atomic E-state index is 0.0676. The molecular formula is C21H19N2O2S-. The van der Waals surface area contributed by atoms with E-state index in [0.29, 0.717) is 10.9 Å². The van der Waals surface area contributed by atoms with Gasteiger partial charge in [-0.1, -0.05) is 80.2 Å². The lowest BCUT2D eigenvalue weighted by Crippen LogP contribution is -2.36. The van der Waals surface area contributed by atoms with Crippen LogP contribution in [0.4, 0.5) is 0 Å². The molecule has 1 atom stereocenters. The highest BCUT2D eigenvalue weighted by Crippen LogP contribution is 2.31. The first kappa shape index (κ1) is 18.1. The molecule has 1 heterocycles. The van der Waals surface area contributed by atoms with Crippen molar-refractivity contribution in [3.05, 3.63) is 66.0 Å². The Labute approximate surface area is 157 Å². The monoisotopic (exact) mass is 363 g/mol. The summed E-state index contributed by atoms with van der Waals surface area (Å²) in [5.74, 6) is -0.591. The minimum Gasteiger partial charge on any atom is -0.549 e.